The molecule has 5 aromatic rings. The van der Waals surface area contributed by atoms with Crippen LogP contribution in [0.5, 0.6) is 5.75 Å². The molecule has 2 heterocycles. The number of aryl methyl sites for hydroxylation is 1. The zero-order valence-corrected chi connectivity index (χ0v) is 29.9. The molecule has 0 aliphatic rings. The first kappa shape index (κ1) is 38.8. The highest BCUT2D eigenvalue weighted by molar-refractivity contribution is 6.38. The van der Waals surface area contributed by atoms with Crippen molar-refractivity contribution < 1.29 is 19.1 Å². The van der Waals surface area contributed by atoms with Gasteiger partial charge in [-0.15, -0.1) is 24.8 Å². The summed E-state index contributed by atoms with van der Waals surface area (Å²) in [6.07, 6.45) is 1.67. The zero-order valence-electron chi connectivity index (χ0n) is 26.8. The van der Waals surface area contributed by atoms with E-state index in [1.165, 1.54) is 9.80 Å². The summed E-state index contributed by atoms with van der Waals surface area (Å²) in [6, 6.07) is 24.3. The van der Waals surface area contributed by atoms with Crippen molar-refractivity contribution in [3.05, 3.63) is 124 Å². The first-order chi connectivity index (χ1) is 22.6. The van der Waals surface area contributed by atoms with Crippen LogP contribution < -0.4 is 20.3 Å². The molecule has 0 fully saturated rings. The van der Waals surface area contributed by atoms with E-state index in [1.54, 1.807) is 56.7 Å². The molecule has 0 aliphatic heterocycles. The van der Waals surface area contributed by atoms with E-state index in [0.717, 1.165) is 22.3 Å². The van der Waals surface area contributed by atoms with E-state index in [0.29, 0.717) is 39.8 Å². The number of ether oxygens (including phenoxy) is 1. The molecule has 256 valence electrons. The first-order valence-corrected chi connectivity index (χ1v) is 15.4. The molecule has 2 N–H and O–H groups in total. The first-order valence-electron chi connectivity index (χ1n) is 14.6. The van der Waals surface area contributed by atoms with Crippen molar-refractivity contribution in [1.82, 2.24) is 20.2 Å². The predicted molar refractivity (Wildman–Crippen MR) is 199 cm³/mol. The number of carbonyl (C=O) groups is 3. The van der Waals surface area contributed by atoms with E-state index in [1.807, 2.05) is 55.5 Å². The number of amides is 4. The van der Waals surface area contributed by atoms with Gasteiger partial charge in [-0.1, -0.05) is 53.5 Å². The number of pyridine rings is 2. The van der Waals surface area contributed by atoms with Gasteiger partial charge in [0.15, 0.2) is 0 Å². The van der Waals surface area contributed by atoms with Gasteiger partial charge < -0.3 is 25.2 Å². The minimum atomic E-state index is -0.617. The molecular weight excluding hydrogens is 710 g/mol. The van der Waals surface area contributed by atoms with Crippen molar-refractivity contribution in [1.29, 1.82) is 0 Å². The third-order valence-electron chi connectivity index (χ3n) is 7.34. The van der Waals surface area contributed by atoms with Gasteiger partial charge in [-0.05, 0) is 61.5 Å². The lowest BCUT2D eigenvalue weighted by Gasteiger charge is -2.21. The van der Waals surface area contributed by atoms with Crippen LogP contribution in [0.25, 0.3) is 10.9 Å². The van der Waals surface area contributed by atoms with E-state index >= 15 is 0 Å². The van der Waals surface area contributed by atoms with Gasteiger partial charge in [0, 0.05) is 53.2 Å². The van der Waals surface area contributed by atoms with Crippen LogP contribution >= 0.6 is 48.0 Å². The Balaban J connectivity index is 0.00000325. The SMILES string of the molecule is Cc1ccc2cccc(OCc3c(Cl)ccc(N(C)C(=O)CNC(=O)Nc4cccc(C(=O)N(C)Cc5ccccn5)c4)c3Cl)c2n1.Cl.Cl. The summed E-state index contributed by atoms with van der Waals surface area (Å²) in [5.74, 6) is -0.0789. The van der Waals surface area contributed by atoms with Crippen LogP contribution in [-0.2, 0) is 17.9 Å². The number of halogens is 4. The number of benzene rings is 3. The van der Waals surface area contributed by atoms with Crippen molar-refractivity contribution in [2.45, 2.75) is 20.1 Å². The van der Waals surface area contributed by atoms with Gasteiger partial charge in [-0.2, -0.15) is 0 Å². The zero-order chi connectivity index (χ0) is 33.5. The maximum absolute atomic E-state index is 13.1. The van der Waals surface area contributed by atoms with E-state index in [4.69, 9.17) is 27.9 Å². The number of para-hydroxylation sites is 1. The second-order valence-corrected chi connectivity index (χ2v) is 11.5. The summed E-state index contributed by atoms with van der Waals surface area (Å²) in [5, 5.41) is 6.78. The molecule has 4 amide bonds. The highest BCUT2D eigenvalue weighted by Crippen LogP contribution is 2.35. The van der Waals surface area contributed by atoms with Gasteiger partial charge in [0.05, 0.1) is 29.5 Å². The van der Waals surface area contributed by atoms with Gasteiger partial charge in [-0.25, -0.2) is 9.78 Å². The number of nitrogens with zero attached hydrogens (tertiary/aromatic N) is 4. The molecule has 0 saturated heterocycles. The summed E-state index contributed by atoms with van der Waals surface area (Å²) >= 11 is 13.2. The molecule has 2 aromatic heterocycles. The lowest BCUT2D eigenvalue weighted by molar-refractivity contribution is -0.117. The van der Waals surface area contributed by atoms with Crippen molar-refractivity contribution in [3.8, 4) is 5.75 Å². The summed E-state index contributed by atoms with van der Waals surface area (Å²) in [5.41, 5.74) is 4.01. The van der Waals surface area contributed by atoms with Crippen LogP contribution in [0, 0.1) is 6.92 Å². The third-order valence-corrected chi connectivity index (χ3v) is 8.11. The Morgan fingerprint density at radius 1 is 0.898 bits per heavy atom. The molecule has 0 unspecified atom stereocenters. The maximum Gasteiger partial charge on any atom is 0.319 e. The minimum Gasteiger partial charge on any atom is -0.487 e. The largest absolute Gasteiger partial charge is 0.487 e. The van der Waals surface area contributed by atoms with Crippen molar-refractivity contribution in [2.24, 2.45) is 0 Å². The lowest BCUT2D eigenvalue weighted by atomic mass is 10.1. The van der Waals surface area contributed by atoms with E-state index in [2.05, 4.69) is 20.6 Å². The summed E-state index contributed by atoms with van der Waals surface area (Å²) in [6.45, 7) is 1.97. The van der Waals surface area contributed by atoms with Crippen molar-refractivity contribution in [2.75, 3.05) is 30.9 Å². The second-order valence-electron chi connectivity index (χ2n) is 10.8. The summed E-state index contributed by atoms with van der Waals surface area (Å²) in [7, 11) is 3.23. The fourth-order valence-corrected chi connectivity index (χ4v) is 5.41. The Kier molecular flexibility index (Phi) is 14.0. The number of anilines is 2. The number of hydrogen-bond donors (Lipinski definition) is 2. The quantitative estimate of drug-likeness (QED) is 0.151. The van der Waals surface area contributed by atoms with Gasteiger partial charge >= 0.3 is 6.03 Å². The van der Waals surface area contributed by atoms with Gasteiger partial charge in [0.25, 0.3) is 5.91 Å². The number of urea groups is 1. The normalized spacial score (nSPS) is 10.3. The van der Waals surface area contributed by atoms with E-state index in [9.17, 15) is 14.4 Å². The molecule has 0 aliphatic carbocycles. The topological polar surface area (TPSA) is 117 Å². The van der Waals surface area contributed by atoms with Gasteiger partial charge in [-0.3, -0.25) is 14.6 Å². The molecule has 0 bridgehead atoms. The molecule has 14 heteroatoms. The molecule has 0 atom stereocenters. The third kappa shape index (κ3) is 9.73. The summed E-state index contributed by atoms with van der Waals surface area (Å²) in [4.78, 5) is 50.4. The minimum absolute atomic E-state index is 0. The predicted octanol–water partition coefficient (Wildman–Crippen LogP) is 7.72. The number of nitrogens with one attached hydrogen (secondary N) is 2. The molecule has 0 saturated carbocycles. The molecule has 10 nitrogen and oxygen atoms in total. The Bertz CT molecular complexity index is 1950. The maximum atomic E-state index is 13.1. The van der Waals surface area contributed by atoms with Crippen LogP contribution in [0.15, 0.2) is 91.1 Å². The van der Waals surface area contributed by atoms with Crippen LogP contribution in [-0.4, -0.2) is 53.4 Å². The lowest BCUT2D eigenvalue weighted by Crippen LogP contribution is -2.40. The Hall–Kier alpha value is -4.61. The van der Waals surface area contributed by atoms with Crippen molar-refractivity contribution >= 4 is 88.1 Å². The van der Waals surface area contributed by atoms with Crippen molar-refractivity contribution in [3.63, 3.8) is 0 Å². The number of likely N-dealkylation sites (N-methyl/N-ethyl adjacent to an activating group) is 1. The van der Waals surface area contributed by atoms with E-state index in [-0.39, 0.29) is 48.9 Å². The molecule has 0 radical (unpaired) electrons. The second kappa shape index (κ2) is 17.7. The van der Waals surface area contributed by atoms with Crippen LogP contribution in [0.3, 0.4) is 0 Å². The van der Waals surface area contributed by atoms with Crippen LogP contribution in [0.2, 0.25) is 10.0 Å². The Morgan fingerprint density at radius 2 is 1.67 bits per heavy atom. The molecule has 49 heavy (non-hydrogen) atoms. The summed E-state index contributed by atoms with van der Waals surface area (Å²) < 4.78 is 6.09. The van der Waals surface area contributed by atoms with Crippen LogP contribution in [0.4, 0.5) is 16.2 Å². The number of carbonyl (C=O) groups excluding carboxylic acids is 3. The number of aromatic nitrogens is 2. The standard InChI is InChI=1S/C35H32Cl2N6O4.2ClH/c1-22-13-14-23-8-7-12-30(33(23)40-22)47-21-27-28(36)15-16-29(32(27)37)43(3)31(44)19-39-35(46)41-25-11-6-9-24(18-25)34(45)42(2)20-26-10-4-5-17-38-26;;/h4-18H,19-21H2,1-3H3,(H2,39,41,46);2*1H. The number of rotatable bonds is 10. The molecule has 3 aromatic carbocycles. The van der Waals surface area contributed by atoms with Gasteiger partial charge in [0.2, 0.25) is 5.91 Å². The Labute approximate surface area is 306 Å². The fourth-order valence-electron chi connectivity index (χ4n) is 4.80. The molecule has 5 rings (SSSR count). The molecule has 0 spiro atoms. The van der Waals surface area contributed by atoms with Crippen LogP contribution in [0.1, 0.15) is 27.3 Å². The fraction of sp³-hybridized carbons (Fsp3) is 0.171. The molecular formula is C35H34Cl4N6O4. The monoisotopic (exact) mass is 742 g/mol. The average Bonchev–Trinajstić information content (AvgIpc) is 3.07. The van der Waals surface area contributed by atoms with Gasteiger partial charge in [0.1, 0.15) is 17.9 Å². The average molecular weight is 745 g/mol. The smallest absolute Gasteiger partial charge is 0.319 e. The Morgan fingerprint density at radius 3 is 2.43 bits per heavy atom. The highest BCUT2D eigenvalue weighted by atomic mass is 35.5. The number of hydrogen-bond acceptors (Lipinski definition) is 6. The van der Waals surface area contributed by atoms with E-state index < -0.39 is 11.9 Å². The number of fused-ring (bicyclic) bond motifs is 1. The highest BCUT2D eigenvalue weighted by Gasteiger charge is 2.20.